The van der Waals surface area contributed by atoms with Crippen molar-refractivity contribution in [2.75, 3.05) is 33.0 Å². The number of Topliss-reactive ketones (excluding diaryl/α,β-unsaturated/α-hetero) is 3. The van der Waals surface area contributed by atoms with Gasteiger partial charge in [0.2, 0.25) is 0 Å². The molecule has 9 fully saturated rings. The highest BCUT2D eigenvalue weighted by Gasteiger charge is 2.68. The van der Waals surface area contributed by atoms with Gasteiger partial charge in [-0.3, -0.25) is 14.4 Å². The first-order chi connectivity index (χ1) is 22.7. The molecule has 0 saturated carbocycles. The predicted molar refractivity (Wildman–Crippen MR) is 150 cm³/mol. The fraction of sp³-hybridized carbons (Fsp3) is 0.906. The molecular formula is C32H42O15. The average molecular weight is 667 g/mol. The number of ether oxygens (including phenoxy) is 9. The molecule has 0 amide bonds. The summed E-state index contributed by atoms with van der Waals surface area (Å²) in [5.74, 6) is -2.51. The van der Waals surface area contributed by atoms with Gasteiger partial charge in [-0.2, -0.15) is 0 Å². The maximum Gasteiger partial charge on any atom is 0.169 e. The van der Waals surface area contributed by atoms with E-state index in [1.165, 1.54) is 0 Å². The maximum absolute atomic E-state index is 13.2. The molecule has 3 N–H and O–H groups in total. The van der Waals surface area contributed by atoms with Crippen molar-refractivity contribution in [2.24, 2.45) is 17.8 Å². The van der Waals surface area contributed by atoms with Crippen molar-refractivity contribution < 1.29 is 72.3 Å². The Morgan fingerprint density at radius 2 is 0.936 bits per heavy atom. The van der Waals surface area contributed by atoms with E-state index in [4.69, 9.17) is 42.6 Å². The molecule has 0 radical (unpaired) electrons. The first-order valence-corrected chi connectivity index (χ1v) is 17.0. The van der Waals surface area contributed by atoms with Crippen molar-refractivity contribution in [1.29, 1.82) is 0 Å². The minimum absolute atomic E-state index is 0.0505. The van der Waals surface area contributed by atoms with E-state index < -0.39 is 41.7 Å². The smallest absolute Gasteiger partial charge is 0.169 e. The zero-order chi connectivity index (χ0) is 32.4. The molecule has 9 saturated heterocycles. The summed E-state index contributed by atoms with van der Waals surface area (Å²) >= 11 is 0. The number of fused-ring (bicyclic) bond motifs is 15. The Morgan fingerprint density at radius 3 is 1.26 bits per heavy atom. The fourth-order valence-corrected chi connectivity index (χ4v) is 9.08. The molecule has 0 aromatic heterocycles. The summed E-state index contributed by atoms with van der Waals surface area (Å²) in [5, 5.41) is 32.3. The molecule has 47 heavy (non-hydrogen) atoms. The Labute approximate surface area is 270 Å². The summed E-state index contributed by atoms with van der Waals surface area (Å²) in [6, 6.07) is 0. The van der Waals surface area contributed by atoms with Crippen LogP contribution in [0.1, 0.15) is 32.6 Å². The van der Waals surface area contributed by atoms with Crippen molar-refractivity contribution >= 4 is 17.3 Å². The second-order valence-electron chi connectivity index (χ2n) is 14.8. The van der Waals surface area contributed by atoms with Crippen LogP contribution in [0.15, 0.2) is 0 Å². The lowest BCUT2D eigenvalue weighted by atomic mass is 9.84. The molecule has 18 unspecified atom stereocenters. The van der Waals surface area contributed by atoms with Crippen LogP contribution in [0.3, 0.4) is 0 Å². The highest BCUT2D eigenvalue weighted by molar-refractivity contribution is 5.87. The standard InChI is InChI=1S/C32H42O15/c1-2-32(41-8-16(35)22(38)13-5-19-28-31(47-28)25(13)44-19,9-39-6-14(33)20(36)11-3-17-26-29(45-26)23(11)42-17)10-40-7-15(34)21(37)12-4-18-27-30(46-27)24(12)43-18/h11-19,23-31,33-35H,2-10H2,1H3. The predicted octanol–water partition coefficient (Wildman–Crippen LogP) is -2.36. The van der Waals surface area contributed by atoms with Crippen molar-refractivity contribution in [3.63, 3.8) is 0 Å². The minimum atomic E-state index is -1.44. The van der Waals surface area contributed by atoms with Gasteiger partial charge >= 0.3 is 0 Å². The number of ketones is 3. The van der Waals surface area contributed by atoms with Crippen LogP contribution in [-0.2, 0) is 57.0 Å². The lowest BCUT2D eigenvalue weighted by Gasteiger charge is -2.34. The van der Waals surface area contributed by atoms with E-state index in [1.54, 1.807) is 6.92 Å². The van der Waals surface area contributed by atoms with Crippen molar-refractivity contribution in [2.45, 2.75) is 130 Å². The van der Waals surface area contributed by atoms with Gasteiger partial charge in [0.25, 0.3) is 0 Å². The monoisotopic (exact) mass is 666 g/mol. The Morgan fingerprint density at radius 1 is 0.574 bits per heavy atom. The maximum atomic E-state index is 13.2. The SMILES string of the molecule is CCC(COCC(O)C(=O)C1CC2OC1C1OC21)(COCC(O)C(=O)C1CC2OC1C1OC21)OCC(O)C(=O)C1CC2OC1C1OC21. The molecule has 0 aromatic carbocycles. The van der Waals surface area contributed by atoms with Crippen molar-refractivity contribution in [3.05, 3.63) is 0 Å². The third kappa shape index (κ3) is 5.28. The molecule has 9 rings (SSSR count). The van der Waals surface area contributed by atoms with Crippen LogP contribution >= 0.6 is 0 Å². The number of aliphatic hydroxyl groups excluding tert-OH is 3. The van der Waals surface area contributed by atoms with Gasteiger partial charge in [-0.25, -0.2) is 0 Å². The minimum Gasteiger partial charge on any atom is -0.383 e. The van der Waals surface area contributed by atoms with Gasteiger partial charge < -0.3 is 58.0 Å². The second kappa shape index (κ2) is 11.5. The number of hydrogen-bond acceptors (Lipinski definition) is 15. The van der Waals surface area contributed by atoms with Gasteiger partial charge in [0.1, 0.15) is 60.5 Å². The zero-order valence-electron chi connectivity index (χ0n) is 26.0. The normalized spacial score (nSPS) is 48.4. The molecule has 15 heteroatoms. The quantitative estimate of drug-likeness (QED) is 0.131. The zero-order valence-corrected chi connectivity index (χ0v) is 26.0. The molecule has 9 aliphatic heterocycles. The topological polar surface area (TPSA) is 205 Å². The van der Waals surface area contributed by atoms with E-state index >= 15 is 0 Å². The number of carbonyl (C=O) groups excluding carboxylic acids is 3. The highest BCUT2D eigenvalue weighted by Crippen LogP contribution is 2.53. The van der Waals surface area contributed by atoms with E-state index in [2.05, 4.69) is 0 Å². The Hall–Kier alpha value is -1.47. The Balaban J connectivity index is 0.805. The van der Waals surface area contributed by atoms with Gasteiger partial charge in [-0.15, -0.1) is 0 Å². The van der Waals surface area contributed by atoms with Crippen LogP contribution in [-0.4, -0.2) is 163 Å². The molecular weight excluding hydrogens is 624 g/mol. The van der Waals surface area contributed by atoms with E-state index in [0.29, 0.717) is 19.3 Å². The van der Waals surface area contributed by atoms with Gasteiger partial charge in [0.15, 0.2) is 17.3 Å². The number of hydrogen-bond donors (Lipinski definition) is 3. The van der Waals surface area contributed by atoms with E-state index in [1.807, 2.05) is 0 Å². The van der Waals surface area contributed by atoms with Crippen molar-refractivity contribution in [3.8, 4) is 0 Å². The van der Waals surface area contributed by atoms with Gasteiger partial charge in [-0.1, -0.05) is 6.92 Å². The molecule has 18 atom stereocenters. The third-order valence-corrected chi connectivity index (χ3v) is 12.0. The van der Waals surface area contributed by atoms with Crippen molar-refractivity contribution in [1.82, 2.24) is 0 Å². The van der Waals surface area contributed by atoms with Crippen LogP contribution in [0.5, 0.6) is 0 Å². The summed E-state index contributed by atoms with van der Waals surface area (Å²) in [6.45, 7) is 0.505. The first kappa shape index (κ1) is 31.5. The molecule has 0 spiro atoms. The Bertz CT molecular complexity index is 1230. The lowest BCUT2D eigenvalue weighted by molar-refractivity contribution is -0.171. The van der Waals surface area contributed by atoms with Crippen LogP contribution in [0.4, 0.5) is 0 Å². The molecule has 9 aliphatic rings. The average Bonchev–Trinajstić information content (AvgIpc) is 4.02. The van der Waals surface area contributed by atoms with Gasteiger partial charge in [0, 0.05) is 0 Å². The van der Waals surface area contributed by atoms with Gasteiger partial charge in [-0.05, 0) is 25.7 Å². The number of rotatable bonds is 18. The molecule has 0 aromatic rings. The number of epoxide rings is 3. The molecule has 0 aliphatic carbocycles. The largest absolute Gasteiger partial charge is 0.383 e. The lowest BCUT2D eigenvalue weighted by Crippen LogP contribution is -2.48. The molecule has 6 bridgehead atoms. The summed E-state index contributed by atoms with van der Waals surface area (Å²) < 4.78 is 51.9. The number of carbonyl (C=O) groups is 3. The Kier molecular flexibility index (Phi) is 7.73. The van der Waals surface area contributed by atoms with E-state index in [0.717, 1.165) is 0 Å². The first-order valence-electron chi connectivity index (χ1n) is 17.0. The summed E-state index contributed by atoms with van der Waals surface area (Å²) in [4.78, 5) is 39.2. The second-order valence-corrected chi connectivity index (χ2v) is 14.8. The molecule has 9 heterocycles. The summed E-state index contributed by atoms with van der Waals surface area (Å²) in [7, 11) is 0. The fourth-order valence-electron chi connectivity index (χ4n) is 9.08. The van der Waals surface area contributed by atoms with Crippen LogP contribution < -0.4 is 0 Å². The van der Waals surface area contributed by atoms with E-state index in [-0.39, 0.29) is 130 Å². The van der Waals surface area contributed by atoms with E-state index in [9.17, 15) is 29.7 Å². The highest BCUT2D eigenvalue weighted by atomic mass is 16.7. The van der Waals surface area contributed by atoms with Crippen LogP contribution in [0, 0.1) is 17.8 Å². The molecule has 15 nitrogen and oxygen atoms in total. The van der Waals surface area contributed by atoms with Crippen LogP contribution in [0.25, 0.3) is 0 Å². The summed E-state index contributed by atoms with van der Waals surface area (Å²) in [5.41, 5.74) is -1.24. The van der Waals surface area contributed by atoms with Crippen LogP contribution in [0.2, 0.25) is 0 Å². The van der Waals surface area contributed by atoms with Gasteiger partial charge in [0.05, 0.1) is 87.4 Å². The third-order valence-electron chi connectivity index (χ3n) is 12.0. The number of aliphatic hydroxyl groups is 3. The summed E-state index contributed by atoms with van der Waals surface area (Å²) in [6.07, 6.45) is -3.89. The molecule has 260 valence electrons.